The molecule has 0 saturated heterocycles. The van der Waals surface area contributed by atoms with Crippen molar-refractivity contribution in [3.63, 3.8) is 0 Å². The smallest absolute Gasteiger partial charge is 0.222 e. The minimum atomic E-state index is -0.929. The van der Waals surface area contributed by atoms with Crippen molar-refractivity contribution in [2.75, 3.05) is 6.61 Å². The van der Waals surface area contributed by atoms with Gasteiger partial charge in [-0.25, -0.2) is 0 Å². The fourth-order valence-electron chi connectivity index (χ4n) is 6.44. The zero-order valence-corrected chi connectivity index (χ0v) is 32.1. The number of hydrogen-bond donors (Lipinski definition) is 4. The highest BCUT2D eigenvalue weighted by Crippen LogP contribution is 2.16. The van der Waals surface area contributed by atoms with Gasteiger partial charge in [-0.15, -0.1) is 0 Å². The second-order valence-corrected chi connectivity index (χ2v) is 14.6. The molecule has 0 aromatic heterocycles. The van der Waals surface area contributed by atoms with E-state index in [2.05, 4.69) is 31.3 Å². The molecule has 0 radical (unpaired) electrons. The molecule has 0 spiro atoms. The summed E-state index contributed by atoms with van der Waals surface area (Å²) in [7, 11) is 0. The van der Waals surface area contributed by atoms with Crippen molar-refractivity contribution < 1.29 is 20.1 Å². The fourth-order valence-corrected chi connectivity index (χ4v) is 6.44. The summed E-state index contributed by atoms with van der Waals surface area (Å²) in [5, 5.41) is 33.0. The van der Waals surface area contributed by atoms with E-state index in [0.29, 0.717) is 6.42 Å². The Hall–Kier alpha value is -1.17. The Labute approximate surface area is 299 Å². The van der Waals surface area contributed by atoms with Crippen LogP contribution in [0.2, 0.25) is 0 Å². The van der Waals surface area contributed by atoms with Crippen LogP contribution in [0.5, 0.6) is 0 Å². The number of aliphatic hydroxyl groups excluding tert-OH is 3. The number of carbonyl (C=O) groups is 1. The Kier molecular flexibility index (Phi) is 37.7. The lowest BCUT2D eigenvalue weighted by atomic mass is 10.0. The summed E-state index contributed by atoms with van der Waals surface area (Å²) < 4.78 is 0. The second-order valence-electron chi connectivity index (χ2n) is 14.6. The monoisotopic (exact) mass is 678 g/mol. The molecule has 3 unspecified atom stereocenters. The summed E-state index contributed by atoms with van der Waals surface area (Å²) >= 11 is 0. The van der Waals surface area contributed by atoms with E-state index in [1.165, 1.54) is 148 Å². The van der Waals surface area contributed by atoms with Gasteiger partial charge in [0.1, 0.15) is 0 Å². The van der Waals surface area contributed by atoms with Crippen LogP contribution in [0.15, 0.2) is 24.3 Å². The van der Waals surface area contributed by atoms with Crippen LogP contribution in [-0.4, -0.2) is 46.1 Å². The third-order valence-electron chi connectivity index (χ3n) is 9.73. The number of carbonyl (C=O) groups excluding carboxylic acids is 1. The molecule has 0 bridgehead atoms. The lowest BCUT2D eigenvalue weighted by molar-refractivity contribution is -0.124. The first-order valence-corrected chi connectivity index (χ1v) is 21.1. The maximum absolute atomic E-state index is 12.3. The lowest BCUT2D eigenvalue weighted by Crippen LogP contribution is -2.45. The van der Waals surface area contributed by atoms with Crippen molar-refractivity contribution in [1.82, 2.24) is 5.32 Å². The van der Waals surface area contributed by atoms with Crippen LogP contribution in [0.4, 0.5) is 0 Å². The zero-order chi connectivity index (χ0) is 35.2. The largest absolute Gasteiger partial charge is 0.394 e. The molecule has 0 aliphatic heterocycles. The zero-order valence-electron chi connectivity index (χ0n) is 32.1. The maximum atomic E-state index is 12.3. The average Bonchev–Trinajstić information content (AvgIpc) is 3.08. The summed E-state index contributed by atoms with van der Waals surface area (Å²) in [4.78, 5) is 12.3. The summed E-state index contributed by atoms with van der Waals surface area (Å²) in [5.74, 6) is -0.326. The van der Waals surface area contributed by atoms with E-state index >= 15 is 0 Å². The molecule has 5 nitrogen and oxygen atoms in total. The fraction of sp³-hybridized carbons (Fsp3) is 0.884. The molecule has 0 heterocycles. The molecule has 5 heteroatoms. The standard InChI is InChI=1S/C43H83NO4/c1-3-5-7-9-11-13-14-15-16-17-18-19-20-21-22-23-24-25-26-27-29-31-33-35-37-42(47)41(39-45)44-43(48)38-40(46)36-34-32-30-28-12-10-8-6-4-2/h10,12,35,37,40-42,45-47H,3-9,11,13-34,36,38-39H2,1-2H3,(H,44,48)/b12-10-,37-35+. The molecule has 0 fully saturated rings. The van der Waals surface area contributed by atoms with E-state index in [0.717, 1.165) is 44.9 Å². The number of amides is 1. The van der Waals surface area contributed by atoms with Crippen LogP contribution in [0, 0.1) is 0 Å². The summed E-state index contributed by atoms with van der Waals surface area (Å²) in [6.45, 7) is 4.16. The molecule has 0 aliphatic rings. The van der Waals surface area contributed by atoms with Crippen LogP contribution in [0.3, 0.4) is 0 Å². The van der Waals surface area contributed by atoms with Crippen LogP contribution in [-0.2, 0) is 4.79 Å². The third-order valence-corrected chi connectivity index (χ3v) is 9.73. The number of unbranched alkanes of at least 4 members (excludes halogenated alkanes) is 27. The molecule has 48 heavy (non-hydrogen) atoms. The minimum absolute atomic E-state index is 0.00330. The van der Waals surface area contributed by atoms with Gasteiger partial charge in [0.25, 0.3) is 0 Å². The molecule has 4 N–H and O–H groups in total. The Balaban J connectivity index is 3.60. The van der Waals surface area contributed by atoms with E-state index < -0.39 is 18.2 Å². The van der Waals surface area contributed by atoms with Gasteiger partial charge < -0.3 is 20.6 Å². The van der Waals surface area contributed by atoms with Crippen molar-refractivity contribution in [3.05, 3.63) is 24.3 Å². The number of allylic oxidation sites excluding steroid dienone is 3. The van der Waals surface area contributed by atoms with E-state index in [4.69, 9.17) is 0 Å². The first-order valence-electron chi connectivity index (χ1n) is 21.1. The molecule has 0 saturated carbocycles. The molecule has 0 aromatic carbocycles. The van der Waals surface area contributed by atoms with Gasteiger partial charge >= 0.3 is 0 Å². The number of nitrogens with one attached hydrogen (secondary N) is 1. The quantitative estimate of drug-likeness (QED) is 0.0387. The molecule has 284 valence electrons. The van der Waals surface area contributed by atoms with E-state index in [1.54, 1.807) is 6.08 Å². The van der Waals surface area contributed by atoms with Crippen LogP contribution >= 0.6 is 0 Å². The van der Waals surface area contributed by atoms with E-state index in [-0.39, 0.29) is 18.9 Å². The number of rotatable bonds is 38. The van der Waals surface area contributed by atoms with Gasteiger partial charge in [-0.1, -0.05) is 199 Å². The normalized spacial score (nSPS) is 13.9. The van der Waals surface area contributed by atoms with E-state index in [1.807, 2.05) is 6.08 Å². The maximum Gasteiger partial charge on any atom is 0.222 e. The highest BCUT2D eigenvalue weighted by molar-refractivity contribution is 5.76. The van der Waals surface area contributed by atoms with Gasteiger partial charge in [0.05, 0.1) is 31.3 Å². The summed E-state index contributed by atoms with van der Waals surface area (Å²) in [6.07, 6.45) is 46.2. The van der Waals surface area contributed by atoms with Crippen LogP contribution in [0.1, 0.15) is 219 Å². The molecular weight excluding hydrogens is 594 g/mol. The molecular formula is C43H83NO4. The average molecular weight is 678 g/mol. The van der Waals surface area contributed by atoms with Gasteiger partial charge in [0.15, 0.2) is 0 Å². The summed E-state index contributed by atoms with van der Waals surface area (Å²) in [6, 6.07) is -0.745. The molecule has 1 amide bonds. The molecule has 0 rings (SSSR count). The van der Waals surface area contributed by atoms with Crippen molar-refractivity contribution >= 4 is 5.91 Å². The third kappa shape index (κ3) is 34.7. The molecule has 0 aromatic rings. The van der Waals surface area contributed by atoms with Crippen LogP contribution in [0.25, 0.3) is 0 Å². The lowest BCUT2D eigenvalue weighted by Gasteiger charge is -2.21. The van der Waals surface area contributed by atoms with Gasteiger partial charge in [0.2, 0.25) is 5.91 Å². The van der Waals surface area contributed by atoms with Crippen molar-refractivity contribution in [1.29, 1.82) is 0 Å². The Morgan fingerprint density at radius 2 is 0.896 bits per heavy atom. The molecule has 0 aliphatic carbocycles. The Morgan fingerprint density at radius 1 is 0.521 bits per heavy atom. The van der Waals surface area contributed by atoms with Gasteiger partial charge in [0, 0.05) is 0 Å². The SMILES string of the molecule is CCCC/C=C\CCCCCC(O)CC(=O)NC(CO)C(O)/C=C/CCCCCCCCCCCCCCCCCCCCCCCC. The first kappa shape index (κ1) is 46.8. The minimum Gasteiger partial charge on any atom is -0.394 e. The van der Waals surface area contributed by atoms with E-state index in [9.17, 15) is 20.1 Å². The topological polar surface area (TPSA) is 89.8 Å². The first-order chi connectivity index (χ1) is 23.5. The van der Waals surface area contributed by atoms with Gasteiger partial charge in [-0.05, 0) is 38.5 Å². The second kappa shape index (κ2) is 38.6. The predicted octanol–water partition coefficient (Wildman–Crippen LogP) is 11.8. The summed E-state index contributed by atoms with van der Waals surface area (Å²) in [5.41, 5.74) is 0. The van der Waals surface area contributed by atoms with Crippen molar-refractivity contribution in [2.45, 2.75) is 238 Å². The van der Waals surface area contributed by atoms with Gasteiger partial charge in [-0.2, -0.15) is 0 Å². The van der Waals surface area contributed by atoms with Crippen LogP contribution < -0.4 is 5.32 Å². The number of hydrogen-bond acceptors (Lipinski definition) is 4. The Morgan fingerprint density at radius 3 is 1.33 bits per heavy atom. The highest BCUT2D eigenvalue weighted by atomic mass is 16.3. The van der Waals surface area contributed by atoms with Crippen molar-refractivity contribution in [2.24, 2.45) is 0 Å². The number of aliphatic hydroxyl groups is 3. The van der Waals surface area contributed by atoms with Gasteiger partial charge in [-0.3, -0.25) is 4.79 Å². The molecule has 3 atom stereocenters. The highest BCUT2D eigenvalue weighted by Gasteiger charge is 2.20. The predicted molar refractivity (Wildman–Crippen MR) is 208 cm³/mol. The van der Waals surface area contributed by atoms with Crippen molar-refractivity contribution in [3.8, 4) is 0 Å². The Bertz CT molecular complexity index is 709.